The molecule has 0 aromatic carbocycles. The van der Waals surface area contributed by atoms with Crippen molar-refractivity contribution in [1.29, 1.82) is 0 Å². The second-order valence-electron chi connectivity index (χ2n) is 4.47. The Hall–Kier alpha value is -1.57. The molecular formula is C11H15F3N2O3. The van der Waals surface area contributed by atoms with E-state index in [1.54, 1.807) is 0 Å². The maximum atomic E-state index is 13.1. The average Bonchev–Trinajstić information content (AvgIpc) is 2.55. The first-order valence-corrected chi connectivity index (χ1v) is 5.54. The lowest BCUT2D eigenvalue weighted by atomic mass is 9.99. The van der Waals surface area contributed by atoms with Crippen LogP contribution in [0.5, 0.6) is 0 Å². The molecule has 19 heavy (non-hydrogen) atoms. The van der Waals surface area contributed by atoms with Crippen LogP contribution in [0.2, 0.25) is 0 Å². The van der Waals surface area contributed by atoms with E-state index >= 15 is 0 Å². The number of aromatic nitrogens is 2. The molecule has 0 amide bonds. The van der Waals surface area contributed by atoms with E-state index in [9.17, 15) is 23.1 Å². The molecule has 1 aromatic rings. The molecule has 1 heterocycles. The van der Waals surface area contributed by atoms with Crippen LogP contribution in [0.4, 0.5) is 13.2 Å². The monoisotopic (exact) mass is 280 g/mol. The molecule has 0 spiro atoms. The van der Waals surface area contributed by atoms with Crippen molar-refractivity contribution >= 4 is 5.97 Å². The van der Waals surface area contributed by atoms with Crippen LogP contribution in [0, 0.1) is 0 Å². The lowest BCUT2D eigenvalue weighted by Gasteiger charge is -2.17. The van der Waals surface area contributed by atoms with E-state index in [0.29, 0.717) is 0 Å². The molecule has 0 saturated heterocycles. The van der Waals surface area contributed by atoms with Gasteiger partial charge in [0.25, 0.3) is 0 Å². The maximum Gasteiger partial charge on any atom is 0.420 e. The van der Waals surface area contributed by atoms with Crippen molar-refractivity contribution in [2.45, 2.75) is 32.5 Å². The van der Waals surface area contributed by atoms with E-state index in [1.807, 2.05) is 0 Å². The highest BCUT2D eigenvalue weighted by atomic mass is 19.4. The van der Waals surface area contributed by atoms with Crippen LogP contribution in [-0.4, -0.2) is 27.5 Å². The normalized spacial score (nSPS) is 12.6. The molecule has 0 aliphatic carbocycles. The second-order valence-corrected chi connectivity index (χ2v) is 4.47. The smallest absolute Gasteiger partial charge is 0.420 e. The standard InChI is InChI=1S/C11H15F3N2O3/c1-5-19-9(17)7-6(11(12,13)14)8(10(2,3)18)15-16(7)4/h18H,5H2,1-4H3. The number of hydrogen-bond donors (Lipinski definition) is 1. The van der Waals surface area contributed by atoms with E-state index in [2.05, 4.69) is 9.84 Å². The highest BCUT2D eigenvalue weighted by molar-refractivity contribution is 5.90. The van der Waals surface area contributed by atoms with Gasteiger partial charge in [0, 0.05) is 7.05 Å². The van der Waals surface area contributed by atoms with Gasteiger partial charge < -0.3 is 9.84 Å². The van der Waals surface area contributed by atoms with Crippen molar-refractivity contribution in [3.05, 3.63) is 17.0 Å². The third-order valence-corrected chi connectivity index (χ3v) is 2.38. The van der Waals surface area contributed by atoms with E-state index in [-0.39, 0.29) is 6.61 Å². The fourth-order valence-electron chi connectivity index (χ4n) is 1.65. The van der Waals surface area contributed by atoms with E-state index in [0.717, 1.165) is 4.68 Å². The SMILES string of the molecule is CCOC(=O)c1c(C(F)(F)F)c(C(C)(C)O)nn1C. The van der Waals surface area contributed by atoms with Gasteiger partial charge in [0.1, 0.15) is 16.9 Å². The summed E-state index contributed by atoms with van der Waals surface area (Å²) < 4.78 is 44.6. The second kappa shape index (κ2) is 4.84. The van der Waals surface area contributed by atoms with Gasteiger partial charge in [-0.15, -0.1) is 0 Å². The minimum atomic E-state index is -4.81. The summed E-state index contributed by atoms with van der Waals surface area (Å²) >= 11 is 0. The molecular weight excluding hydrogens is 265 g/mol. The molecule has 0 radical (unpaired) electrons. The fourth-order valence-corrected chi connectivity index (χ4v) is 1.65. The molecule has 0 saturated carbocycles. The summed E-state index contributed by atoms with van der Waals surface area (Å²) in [5.74, 6) is -1.12. The largest absolute Gasteiger partial charge is 0.461 e. The molecule has 8 heteroatoms. The first-order chi connectivity index (χ1) is 8.50. The lowest BCUT2D eigenvalue weighted by molar-refractivity contribution is -0.140. The number of rotatable bonds is 3. The van der Waals surface area contributed by atoms with Gasteiger partial charge in [-0.25, -0.2) is 4.79 Å². The summed E-state index contributed by atoms with van der Waals surface area (Å²) in [5, 5.41) is 13.4. The maximum absolute atomic E-state index is 13.1. The lowest BCUT2D eigenvalue weighted by Crippen LogP contribution is -2.23. The number of halogens is 3. The minimum Gasteiger partial charge on any atom is -0.461 e. The Balaban J connectivity index is 3.56. The molecule has 0 atom stereocenters. The highest BCUT2D eigenvalue weighted by Crippen LogP contribution is 2.38. The molecule has 1 rings (SSSR count). The number of esters is 1. The molecule has 1 N–H and O–H groups in total. The van der Waals surface area contributed by atoms with Gasteiger partial charge in [0.05, 0.1) is 6.61 Å². The molecule has 0 fully saturated rings. The Bertz CT molecular complexity index is 487. The van der Waals surface area contributed by atoms with Crippen molar-refractivity contribution in [3.63, 3.8) is 0 Å². The zero-order chi connectivity index (χ0) is 15.0. The zero-order valence-corrected chi connectivity index (χ0v) is 11.0. The van der Waals surface area contributed by atoms with Crippen molar-refractivity contribution in [2.75, 3.05) is 6.61 Å². The van der Waals surface area contributed by atoms with E-state index in [1.165, 1.54) is 27.8 Å². The van der Waals surface area contributed by atoms with Gasteiger partial charge in [-0.3, -0.25) is 4.68 Å². The molecule has 0 aliphatic rings. The van der Waals surface area contributed by atoms with Crippen LogP contribution >= 0.6 is 0 Å². The number of aliphatic hydroxyl groups is 1. The van der Waals surface area contributed by atoms with Gasteiger partial charge in [0.2, 0.25) is 0 Å². The number of carbonyl (C=O) groups excluding carboxylic acids is 1. The predicted molar refractivity (Wildman–Crippen MR) is 59.4 cm³/mol. The van der Waals surface area contributed by atoms with Gasteiger partial charge >= 0.3 is 12.1 Å². The van der Waals surface area contributed by atoms with Crippen molar-refractivity contribution < 1.29 is 27.8 Å². The summed E-state index contributed by atoms with van der Waals surface area (Å²) in [6.45, 7) is 3.76. The van der Waals surface area contributed by atoms with Crippen LogP contribution in [-0.2, 0) is 23.6 Å². The molecule has 108 valence electrons. The van der Waals surface area contributed by atoms with E-state index in [4.69, 9.17) is 0 Å². The Morgan fingerprint density at radius 3 is 2.32 bits per heavy atom. The van der Waals surface area contributed by atoms with Crippen LogP contribution in [0.3, 0.4) is 0 Å². The summed E-state index contributed by atoms with van der Waals surface area (Å²) in [5.41, 5.74) is -4.41. The molecule has 5 nitrogen and oxygen atoms in total. The van der Waals surface area contributed by atoms with E-state index < -0.39 is 34.7 Å². The fraction of sp³-hybridized carbons (Fsp3) is 0.636. The number of ether oxygens (including phenoxy) is 1. The number of carbonyl (C=O) groups is 1. The zero-order valence-electron chi connectivity index (χ0n) is 11.0. The van der Waals surface area contributed by atoms with Gasteiger partial charge in [0.15, 0.2) is 5.69 Å². The molecule has 0 unspecified atom stereocenters. The average molecular weight is 280 g/mol. The van der Waals surface area contributed by atoms with Crippen LogP contribution in [0.1, 0.15) is 42.5 Å². The molecule has 1 aromatic heterocycles. The minimum absolute atomic E-state index is 0.0564. The topological polar surface area (TPSA) is 64.3 Å². The molecule has 0 aliphatic heterocycles. The highest BCUT2D eigenvalue weighted by Gasteiger charge is 2.45. The van der Waals surface area contributed by atoms with Crippen molar-refractivity contribution in [1.82, 2.24) is 9.78 Å². The van der Waals surface area contributed by atoms with Gasteiger partial charge in [-0.05, 0) is 20.8 Å². The predicted octanol–water partition coefficient (Wildman–Crippen LogP) is 1.84. The Morgan fingerprint density at radius 1 is 1.42 bits per heavy atom. The summed E-state index contributed by atoms with van der Waals surface area (Å²) in [7, 11) is 1.19. The summed E-state index contributed by atoms with van der Waals surface area (Å²) in [6.07, 6.45) is -4.81. The van der Waals surface area contributed by atoms with Crippen LogP contribution < -0.4 is 0 Å². The van der Waals surface area contributed by atoms with Gasteiger partial charge in [-0.1, -0.05) is 0 Å². The van der Waals surface area contributed by atoms with Crippen molar-refractivity contribution in [2.24, 2.45) is 7.05 Å². The third-order valence-electron chi connectivity index (χ3n) is 2.38. The van der Waals surface area contributed by atoms with Crippen LogP contribution in [0.25, 0.3) is 0 Å². The first kappa shape index (κ1) is 15.5. The summed E-state index contributed by atoms with van der Waals surface area (Å²) in [6, 6.07) is 0. The summed E-state index contributed by atoms with van der Waals surface area (Å²) in [4.78, 5) is 11.6. The quantitative estimate of drug-likeness (QED) is 0.858. The van der Waals surface area contributed by atoms with Crippen LogP contribution in [0.15, 0.2) is 0 Å². The first-order valence-electron chi connectivity index (χ1n) is 5.54. The Labute approximate surface area is 108 Å². The molecule has 0 bridgehead atoms. The van der Waals surface area contributed by atoms with Gasteiger partial charge in [-0.2, -0.15) is 18.3 Å². The van der Waals surface area contributed by atoms with Crippen molar-refractivity contribution in [3.8, 4) is 0 Å². The third kappa shape index (κ3) is 3.06. The number of nitrogens with zero attached hydrogens (tertiary/aromatic N) is 2. The Morgan fingerprint density at radius 2 is 1.95 bits per heavy atom. The number of alkyl halides is 3. The number of hydrogen-bond acceptors (Lipinski definition) is 4. The number of aryl methyl sites for hydroxylation is 1. The Kier molecular flexibility index (Phi) is 3.94.